The molecule has 15 heteroatoms. The third-order valence-corrected chi connectivity index (χ3v) is 3.58. The molecule has 0 N–H and O–H groups in total. The molecule has 0 spiro atoms. The van der Waals surface area contributed by atoms with E-state index in [2.05, 4.69) is 58.5 Å². The number of nitrogens with zero attached hydrogens (tertiary/aromatic N) is 9. The summed E-state index contributed by atoms with van der Waals surface area (Å²) in [6, 6.07) is 2.05. The molecule has 0 amide bonds. The minimum atomic E-state index is 0.250. The van der Waals surface area contributed by atoms with E-state index in [4.69, 9.17) is 28.8 Å². The maximum atomic E-state index is 8.12. The van der Waals surface area contributed by atoms with Crippen LogP contribution in [0.2, 0.25) is 0 Å². The third kappa shape index (κ3) is 20.2. The smallest absolute Gasteiger partial charge is 0.276 e. The number of tetrazole rings is 1. The molecule has 3 heterocycles. The average Bonchev–Trinajstić information content (AvgIpc) is 3.52. The van der Waals surface area contributed by atoms with E-state index in [1.165, 1.54) is 4.80 Å². The molecule has 0 aromatic carbocycles. The monoisotopic (exact) mass is 507 g/mol. The summed E-state index contributed by atoms with van der Waals surface area (Å²) in [4.78, 5) is 50.2. The highest BCUT2D eigenvalue weighted by Gasteiger charge is 2.03. The van der Waals surface area contributed by atoms with Gasteiger partial charge in [0.1, 0.15) is 0 Å². The van der Waals surface area contributed by atoms with Gasteiger partial charge in [0.15, 0.2) is 5.82 Å². The molecule has 0 saturated heterocycles. The van der Waals surface area contributed by atoms with Gasteiger partial charge in [-0.25, -0.2) is 0 Å². The average molecular weight is 508 g/mol. The molecular formula is C21H33N9O6. The molecule has 36 heavy (non-hydrogen) atoms. The van der Waals surface area contributed by atoms with Crippen molar-refractivity contribution in [3.8, 4) is 0 Å². The lowest BCUT2D eigenvalue weighted by atomic mass is 10.1. The number of hydrogen-bond donors (Lipinski definition) is 0. The van der Waals surface area contributed by atoms with Crippen molar-refractivity contribution in [2.45, 2.75) is 59.3 Å². The van der Waals surface area contributed by atoms with Gasteiger partial charge in [0.2, 0.25) is 0 Å². The predicted octanol–water partition coefficient (Wildman–Crippen LogP) is 1.07. The Morgan fingerprint density at radius 3 is 1.28 bits per heavy atom. The van der Waals surface area contributed by atoms with Crippen LogP contribution in [0.3, 0.4) is 0 Å². The summed E-state index contributed by atoms with van der Waals surface area (Å²) < 4.78 is 3.55. The lowest BCUT2D eigenvalue weighted by Gasteiger charge is -1.95. The van der Waals surface area contributed by atoms with Gasteiger partial charge >= 0.3 is 18.5 Å². The second-order valence-corrected chi connectivity index (χ2v) is 7.58. The Labute approximate surface area is 208 Å². The van der Waals surface area contributed by atoms with Crippen molar-refractivity contribution < 1.29 is 28.8 Å². The highest BCUT2D eigenvalue weighted by molar-refractivity contribution is 5.20. The van der Waals surface area contributed by atoms with E-state index in [-0.39, 0.29) is 18.5 Å². The van der Waals surface area contributed by atoms with Crippen LogP contribution in [0.4, 0.5) is 0 Å². The van der Waals surface area contributed by atoms with Gasteiger partial charge in [-0.05, 0) is 23.1 Å². The number of rotatable bonds is 3. The van der Waals surface area contributed by atoms with Crippen LogP contribution >= 0.6 is 0 Å². The van der Waals surface area contributed by atoms with Crippen LogP contribution in [-0.2, 0) is 49.9 Å². The molecule has 198 valence electrons. The fourth-order valence-electron chi connectivity index (χ4n) is 1.90. The van der Waals surface area contributed by atoms with Gasteiger partial charge < -0.3 is 0 Å². The fourth-order valence-corrected chi connectivity index (χ4v) is 1.90. The minimum Gasteiger partial charge on any atom is -0.276 e. The molecule has 3 aromatic rings. The van der Waals surface area contributed by atoms with E-state index in [0.717, 1.165) is 17.2 Å². The zero-order valence-corrected chi connectivity index (χ0v) is 21.9. The Hall–Kier alpha value is -4.44. The number of aromatic nitrogens is 9. The zero-order valence-electron chi connectivity index (χ0n) is 21.9. The van der Waals surface area contributed by atoms with Crippen molar-refractivity contribution in [1.82, 2.24) is 45.0 Å². The van der Waals surface area contributed by atoms with Crippen LogP contribution in [0.5, 0.6) is 0 Å². The summed E-state index contributed by atoms with van der Waals surface area (Å²) >= 11 is 0. The molecule has 3 aromatic heterocycles. The molecule has 0 fully saturated rings. The Morgan fingerprint density at radius 1 is 0.639 bits per heavy atom. The van der Waals surface area contributed by atoms with Crippen LogP contribution in [0.25, 0.3) is 0 Å². The van der Waals surface area contributed by atoms with Gasteiger partial charge in [-0.3, -0.25) is 9.36 Å². The largest absolute Gasteiger partial charge is 0.373 e. The third-order valence-electron chi connectivity index (χ3n) is 3.58. The van der Waals surface area contributed by atoms with Gasteiger partial charge in [-0.1, -0.05) is 46.8 Å². The zero-order chi connectivity index (χ0) is 28.7. The Bertz CT molecular complexity index is 918. The maximum absolute atomic E-state index is 8.12. The van der Waals surface area contributed by atoms with E-state index in [9.17, 15) is 0 Å². The normalized spacial score (nSPS) is 8.67. The molecule has 0 unspecified atom stereocenters. The van der Waals surface area contributed by atoms with Crippen molar-refractivity contribution in [3.05, 3.63) is 35.7 Å². The fraction of sp³-hybridized carbons (Fsp3) is 0.571. The molecule has 3 rings (SSSR count). The van der Waals surface area contributed by atoms with Crippen LogP contribution in [-0.4, -0.2) is 63.4 Å². The standard InChI is InChI=1S/C7H12N2.C6H11N3.C5H10N4.3CO2/c1-6(2)7-4-5-9(3)8-7;1-5(2)6-4-9(3)8-7-6;1-4(2)5-6-8-9(3)7-5;3*2-1-3/h4-6H,1-3H3;4-5H,1-3H3;4H,1-3H3;;;. The molecule has 0 radical (unpaired) electrons. The number of aryl methyl sites for hydroxylation is 3. The van der Waals surface area contributed by atoms with E-state index in [1.54, 1.807) is 11.7 Å². The molecular weight excluding hydrogens is 474 g/mol. The maximum Gasteiger partial charge on any atom is 0.373 e. The van der Waals surface area contributed by atoms with Crippen LogP contribution < -0.4 is 0 Å². The lowest BCUT2D eigenvalue weighted by Crippen LogP contribution is -1.94. The molecule has 0 aliphatic heterocycles. The summed E-state index contributed by atoms with van der Waals surface area (Å²) in [6.07, 6.45) is 4.65. The molecule has 15 nitrogen and oxygen atoms in total. The molecule has 0 saturated carbocycles. The van der Waals surface area contributed by atoms with Gasteiger partial charge in [0.25, 0.3) is 0 Å². The van der Waals surface area contributed by atoms with Gasteiger partial charge in [0, 0.05) is 32.4 Å². The van der Waals surface area contributed by atoms with Crippen LogP contribution in [0.15, 0.2) is 18.5 Å². The van der Waals surface area contributed by atoms with Crippen molar-refractivity contribution >= 4 is 18.5 Å². The SMILES string of the molecule is CC(C)c1ccn(C)n1.CC(C)c1cn(C)nn1.CC(C)c1nnn(C)n1.O=C=O.O=C=O.O=C=O. The van der Waals surface area contributed by atoms with Crippen molar-refractivity contribution in [3.63, 3.8) is 0 Å². The first-order chi connectivity index (χ1) is 16.8. The molecule has 0 atom stereocenters. The summed E-state index contributed by atoms with van der Waals surface area (Å²) in [5, 5.41) is 23.5. The van der Waals surface area contributed by atoms with Gasteiger partial charge in [-0.2, -0.15) is 38.7 Å². The van der Waals surface area contributed by atoms with Crippen LogP contribution in [0.1, 0.15) is 76.5 Å². The highest BCUT2D eigenvalue weighted by atomic mass is 16.2. The Kier molecular flexibility index (Phi) is 22.4. The first kappa shape index (κ1) is 36.1. The summed E-state index contributed by atoms with van der Waals surface area (Å²) in [7, 11) is 5.57. The molecule has 0 aliphatic rings. The van der Waals surface area contributed by atoms with E-state index < -0.39 is 0 Å². The van der Waals surface area contributed by atoms with Crippen molar-refractivity contribution in [2.75, 3.05) is 0 Å². The number of carbonyl (C=O) groups excluding carboxylic acids is 6. The Morgan fingerprint density at radius 2 is 1.11 bits per heavy atom. The first-order valence-electron chi connectivity index (χ1n) is 10.4. The summed E-state index contributed by atoms with van der Waals surface area (Å²) in [5.74, 6) is 2.21. The van der Waals surface area contributed by atoms with Crippen molar-refractivity contribution in [1.29, 1.82) is 0 Å². The quantitative estimate of drug-likeness (QED) is 0.490. The Balaban J connectivity index is -0.000000390. The van der Waals surface area contributed by atoms with Gasteiger partial charge in [0.05, 0.1) is 18.4 Å². The van der Waals surface area contributed by atoms with E-state index in [0.29, 0.717) is 17.8 Å². The van der Waals surface area contributed by atoms with Crippen molar-refractivity contribution in [2.24, 2.45) is 21.1 Å². The predicted molar refractivity (Wildman–Crippen MR) is 120 cm³/mol. The van der Waals surface area contributed by atoms with E-state index in [1.807, 2.05) is 51.1 Å². The second kappa shape index (κ2) is 22.4. The highest BCUT2D eigenvalue weighted by Crippen LogP contribution is 2.09. The summed E-state index contributed by atoms with van der Waals surface area (Å²) in [6.45, 7) is 12.6. The summed E-state index contributed by atoms with van der Waals surface area (Å²) in [5.41, 5.74) is 2.22. The van der Waals surface area contributed by atoms with Gasteiger partial charge in [-0.15, -0.1) is 15.3 Å². The lowest BCUT2D eigenvalue weighted by molar-refractivity contribution is -0.193. The van der Waals surface area contributed by atoms with Crippen LogP contribution in [0, 0.1) is 0 Å². The molecule has 0 aliphatic carbocycles. The minimum absolute atomic E-state index is 0.250. The van der Waals surface area contributed by atoms with E-state index >= 15 is 0 Å². The number of hydrogen-bond acceptors (Lipinski definition) is 12. The second-order valence-electron chi connectivity index (χ2n) is 7.58. The first-order valence-corrected chi connectivity index (χ1v) is 10.4. The molecule has 0 bridgehead atoms. The topological polar surface area (TPSA) is 195 Å².